The molecule has 0 aliphatic carbocycles. The summed E-state index contributed by atoms with van der Waals surface area (Å²) < 4.78 is 0. The molecule has 1 heterocycles. The molecule has 1 N–H and O–H groups in total. The van der Waals surface area contributed by atoms with Gasteiger partial charge in [0.05, 0.1) is 0 Å². The van der Waals surface area contributed by atoms with Crippen LogP contribution in [0.15, 0.2) is 54.6 Å². The van der Waals surface area contributed by atoms with Crippen molar-refractivity contribution >= 4 is 23.4 Å². The second kappa shape index (κ2) is 9.53. The van der Waals surface area contributed by atoms with Crippen molar-refractivity contribution in [1.82, 2.24) is 15.1 Å². The lowest BCUT2D eigenvalue weighted by Crippen LogP contribution is -2.47. The number of piperazine rings is 1. The summed E-state index contributed by atoms with van der Waals surface area (Å²) in [6, 6.07) is 16.6. The van der Waals surface area contributed by atoms with E-state index in [1.165, 1.54) is 0 Å². The summed E-state index contributed by atoms with van der Waals surface area (Å²) in [7, 11) is 0. The standard InChI is InChI=1S/C21H24ClN3O2/c22-19-8-4-5-17(15-19)16-25(21(27)18-6-2-1-3-7-18)12-9-20(26)24-13-10-23-11-14-24/h1-8,15,23H,9-14,16H2. The van der Waals surface area contributed by atoms with Crippen molar-refractivity contribution in [2.24, 2.45) is 0 Å². The molecule has 2 amide bonds. The Kier molecular flexibility index (Phi) is 6.85. The molecule has 0 bridgehead atoms. The number of nitrogens with one attached hydrogen (secondary N) is 1. The molecule has 1 aliphatic rings. The van der Waals surface area contributed by atoms with Gasteiger partial charge in [-0.3, -0.25) is 9.59 Å². The number of carbonyl (C=O) groups is 2. The van der Waals surface area contributed by atoms with E-state index in [0.29, 0.717) is 30.1 Å². The highest BCUT2D eigenvalue weighted by Crippen LogP contribution is 2.15. The third-order valence-corrected chi connectivity index (χ3v) is 4.87. The summed E-state index contributed by atoms with van der Waals surface area (Å²) in [4.78, 5) is 29.1. The van der Waals surface area contributed by atoms with Gasteiger partial charge in [-0.1, -0.05) is 41.9 Å². The van der Waals surface area contributed by atoms with Crippen LogP contribution < -0.4 is 5.32 Å². The Morgan fingerprint density at radius 1 is 1.04 bits per heavy atom. The van der Waals surface area contributed by atoms with Crippen LogP contribution in [-0.4, -0.2) is 54.3 Å². The van der Waals surface area contributed by atoms with Crippen molar-refractivity contribution in [2.75, 3.05) is 32.7 Å². The van der Waals surface area contributed by atoms with Gasteiger partial charge in [0.15, 0.2) is 0 Å². The molecule has 1 aliphatic heterocycles. The topological polar surface area (TPSA) is 52.7 Å². The van der Waals surface area contributed by atoms with E-state index < -0.39 is 0 Å². The molecule has 5 nitrogen and oxygen atoms in total. The van der Waals surface area contributed by atoms with Gasteiger partial charge in [-0.05, 0) is 29.8 Å². The average Bonchev–Trinajstić information content (AvgIpc) is 2.71. The van der Waals surface area contributed by atoms with Gasteiger partial charge >= 0.3 is 0 Å². The number of hydrogen-bond donors (Lipinski definition) is 1. The molecular weight excluding hydrogens is 362 g/mol. The van der Waals surface area contributed by atoms with Gasteiger partial charge in [0.2, 0.25) is 5.91 Å². The van der Waals surface area contributed by atoms with Crippen LogP contribution in [0.5, 0.6) is 0 Å². The van der Waals surface area contributed by atoms with E-state index >= 15 is 0 Å². The summed E-state index contributed by atoms with van der Waals surface area (Å²) in [6.45, 7) is 3.88. The monoisotopic (exact) mass is 385 g/mol. The van der Waals surface area contributed by atoms with Gasteiger partial charge in [-0.15, -0.1) is 0 Å². The maximum absolute atomic E-state index is 13.0. The zero-order chi connectivity index (χ0) is 19.1. The first-order valence-corrected chi connectivity index (χ1v) is 9.58. The molecule has 0 aromatic heterocycles. The van der Waals surface area contributed by atoms with Crippen molar-refractivity contribution in [2.45, 2.75) is 13.0 Å². The van der Waals surface area contributed by atoms with Gasteiger partial charge in [0.1, 0.15) is 0 Å². The second-order valence-corrected chi connectivity index (χ2v) is 7.04. The van der Waals surface area contributed by atoms with Gasteiger partial charge in [-0.2, -0.15) is 0 Å². The molecule has 6 heteroatoms. The lowest BCUT2D eigenvalue weighted by molar-refractivity contribution is -0.132. The molecule has 27 heavy (non-hydrogen) atoms. The highest BCUT2D eigenvalue weighted by molar-refractivity contribution is 6.30. The SMILES string of the molecule is O=C(CCN(Cc1cccc(Cl)c1)C(=O)c1ccccc1)N1CCNCC1. The van der Waals surface area contributed by atoms with Crippen molar-refractivity contribution in [1.29, 1.82) is 0 Å². The predicted molar refractivity (Wildman–Crippen MR) is 107 cm³/mol. The zero-order valence-corrected chi connectivity index (χ0v) is 16.0. The number of benzene rings is 2. The fourth-order valence-corrected chi connectivity index (χ4v) is 3.39. The van der Waals surface area contributed by atoms with Gasteiger partial charge in [0, 0.05) is 56.3 Å². The second-order valence-electron chi connectivity index (χ2n) is 6.60. The van der Waals surface area contributed by atoms with E-state index in [4.69, 9.17) is 11.6 Å². The highest BCUT2D eigenvalue weighted by Gasteiger charge is 2.20. The van der Waals surface area contributed by atoms with E-state index in [-0.39, 0.29) is 11.8 Å². The van der Waals surface area contributed by atoms with Crippen LogP contribution in [0.4, 0.5) is 0 Å². The first-order valence-electron chi connectivity index (χ1n) is 9.21. The Bertz CT molecular complexity index is 776. The normalized spacial score (nSPS) is 14.0. The Balaban J connectivity index is 1.70. The number of halogens is 1. The summed E-state index contributed by atoms with van der Waals surface area (Å²) in [5.41, 5.74) is 1.57. The molecule has 0 radical (unpaired) electrons. The van der Waals surface area contributed by atoms with E-state index in [0.717, 1.165) is 31.7 Å². The first-order chi connectivity index (χ1) is 13.1. The maximum Gasteiger partial charge on any atom is 0.254 e. The molecule has 0 unspecified atom stereocenters. The molecule has 0 atom stereocenters. The quantitative estimate of drug-likeness (QED) is 0.831. The minimum atomic E-state index is -0.0799. The van der Waals surface area contributed by atoms with Crippen molar-refractivity contribution < 1.29 is 9.59 Å². The highest BCUT2D eigenvalue weighted by atomic mass is 35.5. The van der Waals surface area contributed by atoms with Crippen LogP contribution in [0.3, 0.4) is 0 Å². The zero-order valence-electron chi connectivity index (χ0n) is 15.2. The van der Waals surface area contributed by atoms with Crippen molar-refractivity contribution in [3.8, 4) is 0 Å². The van der Waals surface area contributed by atoms with E-state index in [1.54, 1.807) is 17.0 Å². The van der Waals surface area contributed by atoms with Gasteiger partial charge in [-0.25, -0.2) is 0 Å². The first kappa shape index (κ1) is 19.4. The van der Waals surface area contributed by atoms with Crippen molar-refractivity contribution in [3.05, 3.63) is 70.7 Å². The number of nitrogens with zero attached hydrogens (tertiary/aromatic N) is 2. The van der Waals surface area contributed by atoms with Crippen LogP contribution in [0.1, 0.15) is 22.3 Å². The molecule has 1 fully saturated rings. The molecule has 2 aromatic rings. The summed E-state index contributed by atoms with van der Waals surface area (Å²) >= 11 is 6.08. The summed E-state index contributed by atoms with van der Waals surface area (Å²) in [6.07, 6.45) is 0.319. The van der Waals surface area contributed by atoms with Crippen LogP contribution in [0.2, 0.25) is 5.02 Å². The number of rotatable bonds is 6. The molecule has 0 saturated carbocycles. The Morgan fingerprint density at radius 2 is 1.78 bits per heavy atom. The third kappa shape index (κ3) is 5.55. The fraction of sp³-hybridized carbons (Fsp3) is 0.333. The molecule has 3 rings (SSSR count). The minimum absolute atomic E-state index is 0.0799. The fourth-order valence-electron chi connectivity index (χ4n) is 3.17. The number of amides is 2. The Labute approximate surface area is 164 Å². The van der Waals surface area contributed by atoms with Crippen LogP contribution in [0.25, 0.3) is 0 Å². The van der Waals surface area contributed by atoms with Crippen LogP contribution >= 0.6 is 11.6 Å². The van der Waals surface area contributed by atoms with E-state index in [9.17, 15) is 9.59 Å². The number of carbonyl (C=O) groups excluding carboxylic acids is 2. The lowest BCUT2D eigenvalue weighted by atomic mass is 10.1. The molecular formula is C21H24ClN3O2. The predicted octanol–water partition coefficient (Wildman–Crippen LogP) is 2.80. The van der Waals surface area contributed by atoms with Crippen LogP contribution in [0, 0.1) is 0 Å². The smallest absolute Gasteiger partial charge is 0.254 e. The van der Waals surface area contributed by atoms with Crippen molar-refractivity contribution in [3.63, 3.8) is 0 Å². The van der Waals surface area contributed by atoms with Crippen LogP contribution in [-0.2, 0) is 11.3 Å². The lowest BCUT2D eigenvalue weighted by Gasteiger charge is -2.29. The largest absolute Gasteiger partial charge is 0.340 e. The Morgan fingerprint density at radius 3 is 2.48 bits per heavy atom. The van der Waals surface area contributed by atoms with Gasteiger partial charge in [0.25, 0.3) is 5.91 Å². The molecule has 142 valence electrons. The van der Waals surface area contributed by atoms with Gasteiger partial charge < -0.3 is 15.1 Å². The van der Waals surface area contributed by atoms with E-state index in [2.05, 4.69) is 5.32 Å². The summed E-state index contributed by atoms with van der Waals surface area (Å²) in [5, 5.41) is 3.88. The average molecular weight is 386 g/mol. The molecule has 2 aromatic carbocycles. The maximum atomic E-state index is 13.0. The Hall–Kier alpha value is -2.37. The van der Waals surface area contributed by atoms with E-state index in [1.807, 2.05) is 47.4 Å². The number of hydrogen-bond acceptors (Lipinski definition) is 3. The third-order valence-electron chi connectivity index (χ3n) is 4.64. The summed E-state index contributed by atoms with van der Waals surface area (Å²) in [5.74, 6) is 0.0112. The minimum Gasteiger partial charge on any atom is -0.340 e. The molecule has 0 spiro atoms. The molecule has 1 saturated heterocycles.